The minimum atomic E-state index is -0.871. The van der Waals surface area contributed by atoms with Gasteiger partial charge in [0.15, 0.2) is 11.6 Å². The zero-order chi connectivity index (χ0) is 22.7. The predicted octanol–water partition coefficient (Wildman–Crippen LogP) is -0.0285. The highest BCUT2D eigenvalue weighted by molar-refractivity contribution is 5.89. The lowest BCUT2D eigenvalue weighted by Gasteiger charge is -2.13. The second kappa shape index (κ2) is 12.1. The summed E-state index contributed by atoms with van der Waals surface area (Å²) >= 11 is 0. The van der Waals surface area contributed by atoms with Crippen LogP contribution >= 0.6 is 0 Å². The molecule has 30 heavy (non-hydrogen) atoms. The number of hydrogen-bond donors (Lipinski definition) is 0. The SMILES string of the molecule is C=CC(=O)CCCn1c(=O)n(CCCC(=O)C=C)c(=O)n(CCOC(=O)C=C)c1=O. The molecular formula is C20H25N3O7. The van der Waals surface area contributed by atoms with E-state index in [9.17, 15) is 28.8 Å². The summed E-state index contributed by atoms with van der Waals surface area (Å²) in [7, 11) is 0. The van der Waals surface area contributed by atoms with Gasteiger partial charge in [0, 0.05) is 32.0 Å². The fourth-order valence-corrected chi connectivity index (χ4v) is 2.58. The molecule has 0 atom stereocenters. The highest BCUT2D eigenvalue weighted by Crippen LogP contribution is 1.95. The molecule has 0 aliphatic heterocycles. The van der Waals surface area contributed by atoms with E-state index in [-0.39, 0.29) is 63.5 Å². The average Bonchev–Trinajstić information content (AvgIpc) is 2.74. The van der Waals surface area contributed by atoms with Crippen molar-refractivity contribution in [2.24, 2.45) is 0 Å². The van der Waals surface area contributed by atoms with Crippen molar-refractivity contribution in [3.8, 4) is 0 Å². The Bertz CT molecular complexity index is 852. The van der Waals surface area contributed by atoms with Gasteiger partial charge in [0.1, 0.15) is 6.61 Å². The Hall–Kier alpha value is -3.56. The number of carbonyl (C=O) groups excluding carboxylic acids is 3. The minimum Gasteiger partial charge on any atom is -0.461 e. The summed E-state index contributed by atoms with van der Waals surface area (Å²) in [6.07, 6.45) is 3.78. The molecule has 0 N–H and O–H groups in total. The van der Waals surface area contributed by atoms with Crippen LogP contribution in [0.3, 0.4) is 0 Å². The van der Waals surface area contributed by atoms with Gasteiger partial charge < -0.3 is 4.74 Å². The van der Waals surface area contributed by atoms with Crippen molar-refractivity contribution < 1.29 is 19.1 Å². The van der Waals surface area contributed by atoms with Crippen molar-refractivity contribution in [1.29, 1.82) is 0 Å². The molecule has 0 saturated heterocycles. The van der Waals surface area contributed by atoms with Crippen LogP contribution in [0.1, 0.15) is 25.7 Å². The van der Waals surface area contributed by atoms with E-state index >= 15 is 0 Å². The first-order valence-corrected chi connectivity index (χ1v) is 9.31. The molecule has 0 amide bonds. The van der Waals surface area contributed by atoms with Gasteiger partial charge in [0.25, 0.3) is 0 Å². The third-order valence-electron chi connectivity index (χ3n) is 4.18. The number of nitrogens with zero attached hydrogens (tertiary/aromatic N) is 3. The topological polar surface area (TPSA) is 126 Å². The minimum absolute atomic E-state index is 0.0826. The first kappa shape index (κ1) is 24.5. The normalized spacial score (nSPS) is 10.3. The van der Waals surface area contributed by atoms with Crippen LogP contribution in [0.2, 0.25) is 0 Å². The van der Waals surface area contributed by atoms with Gasteiger partial charge in [-0.25, -0.2) is 32.9 Å². The molecule has 0 radical (unpaired) electrons. The maximum atomic E-state index is 12.7. The molecule has 0 aromatic carbocycles. The monoisotopic (exact) mass is 419 g/mol. The summed E-state index contributed by atoms with van der Waals surface area (Å²) in [6.45, 7) is 9.24. The van der Waals surface area contributed by atoms with Crippen molar-refractivity contribution in [3.63, 3.8) is 0 Å². The number of ketones is 2. The van der Waals surface area contributed by atoms with Crippen molar-refractivity contribution in [3.05, 3.63) is 69.4 Å². The van der Waals surface area contributed by atoms with Crippen LogP contribution in [-0.4, -0.2) is 37.8 Å². The van der Waals surface area contributed by atoms with E-state index in [1.54, 1.807) is 0 Å². The van der Waals surface area contributed by atoms with Gasteiger partial charge in [-0.05, 0) is 25.0 Å². The summed E-state index contributed by atoms with van der Waals surface area (Å²) in [5.74, 6) is -1.20. The number of carbonyl (C=O) groups is 3. The van der Waals surface area contributed by atoms with Gasteiger partial charge in [-0.2, -0.15) is 0 Å². The van der Waals surface area contributed by atoms with E-state index in [1.807, 2.05) is 0 Å². The number of esters is 1. The van der Waals surface area contributed by atoms with Crippen LogP contribution in [0.25, 0.3) is 0 Å². The quantitative estimate of drug-likeness (QED) is 0.306. The zero-order valence-corrected chi connectivity index (χ0v) is 16.7. The molecule has 162 valence electrons. The van der Waals surface area contributed by atoms with Crippen LogP contribution in [0.5, 0.6) is 0 Å². The Labute approximate surface area is 172 Å². The Morgan fingerprint density at radius 3 is 1.47 bits per heavy atom. The van der Waals surface area contributed by atoms with Gasteiger partial charge in [-0.15, -0.1) is 0 Å². The molecule has 0 aliphatic carbocycles. The molecule has 1 aromatic heterocycles. The molecule has 10 heteroatoms. The fraction of sp³-hybridized carbons (Fsp3) is 0.400. The zero-order valence-electron chi connectivity index (χ0n) is 16.7. The van der Waals surface area contributed by atoms with E-state index in [4.69, 9.17) is 4.74 Å². The lowest BCUT2D eigenvalue weighted by Crippen LogP contribution is -2.55. The lowest BCUT2D eigenvalue weighted by atomic mass is 10.2. The first-order chi connectivity index (χ1) is 14.3. The van der Waals surface area contributed by atoms with Gasteiger partial charge in [0.05, 0.1) is 6.54 Å². The summed E-state index contributed by atoms with van der Waals surface area (Å²) in [4.78, 5) is 72.0. The molecule has 0 spiro atoms. The van der Waals surface area contributed by atoms with E-state index in [0.29, 0.717) is 0 Å². The fourth-order valence-electron chi connectivity index (χ4n) is 2.58. The predicted molar refractivity (Wildman–Crippen MR) is 109 cm³/mol. The second-order valence-corrected chi connectivity index (χ2v) is 6.22. The van der Waals surface area contributed by atoms with Crippen LogP contribution in [0, 0.1) is 0 Å². The largest absolute Gasteiger partial charge is 0.461 e. The molecule has 1 heterocycles. The molecule has 0 aliphatic rings. The number of aromatic nitrogens is 3. The molecule has 0 fully saturated rings. The van der Waals surface area contributed by atoms with Gasteiger partial charge in [0.2, 0.25) is 0 Å². The third kappa shape index (κ3) is 6.80. The summed E-state index contributed by atoms with van der Waals surface area (Å²) < 4.78 is 7.29. The molecular weight excluding hydrogens is 394 g/mol. The molecule has 0 bridgehead atoms. The third-order valence-corrected chi connectivity index (χ3v) is 4.18. The van der Waals surface area contributed by atoms with Crippen LogP contribution in [0.4, 0.5) is 0 Å². The van der Waals surface area contributed by atoms with Gasteiger partial charge in [-0.1, -0.05) is 19.7 Å². The Morgan fingerprint density at radius 1 is 0.700 bits per heavy atom. The van der Waals surface area contributed by atoms with Crippen molar-refractivity contribution in [1.82, 2.24) is 13.7 Å². The van der Waals surface area contributed by atoms with Crippen molar-refractivity contribution >= 4 is 17.5 Å². The summed E-state index contributed by atoms with van der Waals surface area (Å²) in [6, 6.07) is 0. The maximum Gasteiger partial charge on any atom is 0.336 e. The molecule has 0 unspecified atom stereocenters. The number of allylic oxidation sites excluding steroid dienone is 2. The van der Waals surface area contributed by atoms with Crippen molar-refractivity contribution in [2.75, 3.05) is 6.61 Å². The average molecular weight is 419 g/mol. The van der Waals surface area contributed by atoms with E-state index in [1.165, 1.54) is 0 Å². The maximum absolute atomic E-state index is 12.7. The summed E-state index contributed by atoms with van der Waals surface area (Å²) in [5.41, 5.74) is -2.57. The Kier molecular flexibility index (Phi) is 9.87. The van der Waals surface area contributed by atoms with Crippen LogP contribution < -0.4 is 17.1 Å². The molecule has 10 nitrogen and oxygen atoms in total. The summed E-state index contributed by atoms with van der Waals surface area (Å²) in [5, 5.41) is 0. The van der Waals surface area contributed by atoms with Crippen LogP contribution in [-0.2, 0) is 38.8 Å². The molecule has 1 rings (SSSR count). The first-order valence-electron chi connectivity index (χ1n) is 9.31. The van der Waals surface area contributed by atoms with E-state index in [0.717, 1.165) is 31.9 Å². The highest BCUT2D eigenvalue weighted by atomic mass is 16.5. The standard InChI is InChI=1S/C20H25N3O7/c1-4-15(24)9-7-11-21-18(27)22(12-8-10-16(25)5-2)20(29)23(19(21)28)13-14-30-17(26)6-3/h4-6H,1-3,7-14H2. The number of rotatable bonds is 14. The van der Waals surface area contributed by atoms with Gasteiger partial charge >= 0.3 is 23.0 Å². The highest BCUT2D eigenvalue weighted by Gasteiger charge is 2.16. The van der Waals surface area contributed by atoms with E-state index in [2.05, 4.69) is 19.7 Å². The van der Waals surface area contributed by atoms with Crippen LogP contribution in [0.15, 0.2) is 52.3 Å². The second-order valence-electron chi connectivity index (χ2n) is 6.22. The van der Waals surface area contributed by atoms with Gasteiger partial charge in [-0.3, -0.25) is 9.59 Å². The van der Waals surface area contributed by atoms with Crippen molar-refractivity contribution in [2.45, 2.75) is 45.3 Å². The van der Waals surface area contributed by atoms with E-state index < -0.39 is 23.0 Å². The molecule has 0 saturated carbocycles. The Balaban J connectivity index is 3.24. The Morgan fingerprint density at radius 2 is 1.10 bits per heavy atom. The number of hydrogen-bond acceptors (Lipinski definition) is 7. The lowest BCUT2D eigenvalue weighted by molar-refractivity contribution is -0.138. The molecule has 1 aromatic rings. The number of ether oxygens (including phenoxy) is 1. The smallest absolute Gasteiger partial charge is 0.336 e.